The normalized spacial score (nSPS) is 10.6. The van der Waals surface area contributed by atoms with Crippen LogP contribution in [-0.2, 0) is 6.61 Å². The molecule has 0 saturated carbocycles. The lowest BCUT2D eigenvalue weighted by Gasteiger charge is -2.12. The highest BCUT2D eigenvalue weighted by Crippen LogP contribution is 2.35. The van der Waals surface area contributed by atoms with Crippen molar-refractivity contribution in [3.63, 3.8) is 0 Å². The molecule has 0 aliphatic rings. The molecule has 0 bridgehead atoms. The van der Waals surface area contributed by atoms with E-state index < -0.39 is 0 Å². The number of guanidine groups is 2. The van der Waals surface area contributed by atoms with Gasteiger partial charge in [-0.25, -0.2) is 4.99 Å². The molecule has 0 aliphatic heterocycles. The molecular formula is C17H18N6O2. The van der Waals surface area contributed by atoms with E-state index in [0.29, 0.717) is 18.1 Å². The predicted octanol–water partition coefficient (Wildman–Crippen LogP) is 1.37. The maximum atomic E-state index is 9.29. The van der Waals surface area contributed by atoms with Crippen molar-refractivity contribution in [1.82, 2.24) is 0 Å². The van der Waals surface area contributed by atoms with Crippen LogP contribution < -0.4 is 26.7 Å². The van der Waals surface area contributed by atoms with Gasteiger partial charge in [-0.3, -0.25) is 0 Å². The Balaban J connectivity index is 2.37. The van der Waals surface area contributed by atoms with Crippen LogP contribution in [0.1, 0.15) is 11.1 Å². The highest BCUT2D eigenvalue weighted by atomic mass is 16.5. The maximum Gasteiger partial charge on any atom is 0.223 e. The van der Waals surface area contributed by atoms with Crippen molar-refractivity contribution in [3.8, 4) is 17.6 Å². The number of ether oxygens (including phenoxy) is 2. The lowest BCUT2D eigenvalue weighted by molar-refractivity contribution is 0.284. The van der Waals surface area contributed by atoms with E-state index >= 15 is 0 Å². The van der Waals surface area contributed by atoms with E-state index in [0.717, 1.165) is 5.56 Å². The largest absolute Gasteiger partial charge is 0.493 e. The molecule has 8 heteroatoms. The molecule has 2 aromatic rings. The van der Waals surface area contributed by atoms with Gasteiger partial charge < -0.3 is 26.7 Å². The summed E-state index contributed by atoms with van der Waals surface area (Å²) in [7, 11) is 1.49. The zero-order valence-electron chi connectivity index (χ0n) is 13.6. The van der Waals surface area contributed by atoms with Crippen LogP contribution in [0.3, 0.4) is 0 Å². The second-order valence-electron chi connectivity index (χ2n) is 4.91. The lowest BCUT2D eigenvalue weighted by Crippen LogP contribution is -2.26. The summed E-state index contributed by atoms with van der Waals surface area (Å²) in [6.45, 7) is 0.329. The van der Waals surface area contributed by atoms with Gasteiger partial charge >= 0.3 is 0 Å². The molecular weight excluding hydrogens is 320 g/mol. The maximum absolute atomic E-state index is 9.29. The van der Waals surface area contributed by atoms with Crippen LogP contribution in [0.4, 0.5) is 5.69 Å². The van der Waals surface area contributed by atoms with Gasteiger partial charge in [0.2, 0.25) is 5.96 Å². The molecule has 0 radical (unpaired) electrons. The molecule has 8 nitrogen and oxygen atoms in total. The second kappa shape index (κ2) is 8.21. The number of hydrogen-bond donors (Lipinski definition) is 3. The average molecular weight is 338 g/mol. The first kappa shape index (κ1) is 17.6. The highest BCUT2D eigenvalue weighted by Gasteiger charge is 2.12. The van der Waals surface area contributed by atoms with E-state index in [1.54, 1.807) is 6.07 Å². The third-order valence-electron chi connectivity index (χ3n) is 3.12. The van der Waals surface area contributed by atoms with Crippen LogP contribution in [0.25, 0.3) is 0 Å². The summed E-state index contributed by atoms with van der Waals surface area (Å²) in [5.74, 6) is 0.429. The Morgan fingerprint density at radius 3 is 2.44 bits per heavy atom. The van der Waals surface area contributed by atoms with Crippen molar-refractivity contribution in [1.29, 1.82) is 5.26 Å². The van der Waals surface area contributed by atoms with Crippen LogP contribution in [0.15, 0.2) is 52.4 Å². The minimum absolute atomic E-state index is 0.171. The molecule has 0 amide bonds. The lowest BCUT2D eigenvalue weighted by atomic mass is 10.1. The molecule has 2 rings (SSSR count). The van der Waals surface area contributed by atoms with Gasteiger partial charge in [-0.15, -0.1) is 0 Å². The molecule has 0 heterocycles. The van der Waals surface area contributed by atoms with Gasteiger partial charge in [0.25, 0.3) is 0 Å². The smallest absolute Gasteiger partial charge is 0.223 e. The summed E-state index contributed by atoms with van der Waals surface area (Å²) >= 11 is 0. The Kier molecular flexibility index (Phi) is 5.79. The molecule has 2 aromatic carbocycles. The number of methoxy groups -OCH3 is 1. The predicted molar refractivity (Wildman–Crippen MR) is 95.6 cm³/mol. The minimum atomic E-state index is -0.228. The average Bonchev–Trinajstić information content (AvgIpc) is 2.60. The third kappa shape index (κ3) is 4.87. The minimum Gasteiger partial charge on any atom is -0.493 e. The number of nitriles is 1. The SMILES string of the molecule is COc1cc(C#N)c(N=C(N)N=C(N)N)cc1OCc1ccccc1. The Bertz CT molecular complexity index is 836. The Morgan fingerprint density at radius 1 is 1.12 bits per heavy atom. The van der Waals surface area contributed by atoms with E-state index in [1.807, 2.05) is 36.4 Å². The van der Waals surface area contributed by atoms with Gasteiger partial charge in [0.05, 0.1) is 18.4 Å². The van der Waals surface area contributed by atoms with E-state index in [-0.39, 0.29) is 23.2 Å². The summed E-state index contributed by atoms with van der Waals surface area (Å²) in [5.41, 5.74) is 17.7. The third-order valence-corrected chi connectivity index (χ3v) is 3.12. The van der Waals surface area contributed by atoms with Crippen LogP contribution in [0, 0.1) is 11.3 Å². The molecule has 0 aromatic heterocycles. The summed E-state index contributed by atoms with van der Waals surface area (Å²) < 4.78 is 11.1. The summed E-state index contributed by atoms with van der Waals surface area (Å²) in [6, 6.07) is 14.7. The Labute approximate surface area is 145 Å². The van der Waals surface area contributed by atoms with Crippen molar-refractivity contribution in [3.05, 3.63) is 53.6 Å². The first-order valence-electron chi connectivity index (χ1n) is 7.26. The van der Waals surface area contributed by atoms with Gasteiger partial charge in [-0.1, -0.05) is 30.3 Å². The van der Waals surface area contributed by atoms with Gasteiger partial charge in [-0.2, -0.15) is 10.3 Å². The second-order valence-corrected chi connectivity index (χ2v) is 4.91. The molecule has 0 spiro atoms. The van der Waals surface area contributed by atoms with Crippen LogP contribution in [0.2, 0.25) is 0 Å². The summed E-state index contributed by atoms with van der Waals surface area (Å²) in [5, 5.41) is 9.29. The van der Waals surface area contributed by atoms with Crippen LogP contribution >= 0.6 is 0 Å². The van der Waals surface area contributed by atoms with Crippen molar-refractivity contribution in [2.45, 2.75) is 6.61 Å². The molecule has 0 unspecified atom stereocenters. The number of nitrogens with zero attached hydrogens (tertiary/aromatic N) is 3. The van der Waals surface area contributed by atoms with Crippen molar-refractivity contribution in [2.24, 2.45) is 27.2 Å². The fourth-order valence-electron chi connectivity index (χ4n) is 2.02. The van der Waals surface area contributed by atoms with Gasteiger partial charge in [0.1, 0.15) is 12.7 Å². The monoisotopic (exact) mass is 338 g/mol. The molecule has 0 saturated heterocycles. The van der Waals surface area contributed by atoms with E-state index in [2.05, 4.69) is 9.98 Å². The summed E-state index contributed by atoms with van der Waals surface area (Å²) in [6.07, 6.45) is 0. The zero-order chi connectivity index (χ0) is 18.2. The highest BCUT2D eigenvalue weighted by molar-refractivity contribution is 5.94. The molecule has 25 heavy (non-hydrogen) atoms. The van der Waals surface area contributed by atoms with Crippen LogP contribution in [0.5, 0.6) is 11.5 Å². The van der Waals surface area contributed by atoms with Crippen molar-refractivity contribution >= 4 is 17.6 Å². The number of benzene rings is 2. The topological polar surface area (TPSA) is 145 Å². The first-order chi connectivity index (χ1) is 12.0. The van der Waals surface area contributed by atoms with Crippen molar-refractivity contribution < 1.29 is 9.47 Å². The molecule has 128 valence electrons. The van der Waals surface area contributed by atoms with E-state index in [1.165, 1.54) is 13.2 Å². The fourth-order valence-corrected chi connectivity index (χ4v) is 2.02. The molecule has 6 N–H and O–H groups in total. The van der Waals surface area contributed by atoms with Gasteiger partial charge in [0, 0.05) is 12.1 Å². The standard InChI is InChI=1S/C17H18N6O2/c1-24-14-7-12(9-18)13(22-17(21)23-16(19)20)8-15(14)25-10-11-5-3-2-4-6-11/h2-8H,10H2,1H3,(H6,19,20,21,22,23). The molecule has 0 atom stereocenters. The number of hydrogen-bond acceptors (Lipinski definition) is 4. The number of rotatable bonds is 5. The molecule has 0 aliphatic carbocycles. The van der Waals surface area contributed by atoms with Crippen molar-refractivity contribution in [2.75, 3.05) is 7.11 Å². The van der Waals surface area contributed by atoms with Crippen LogP contribution in [-0.4, -0.2) is 19.0 Å². The van der Waals surface area contributed by atoms with Gasteiger partial charge in [-0.05, 0) is 5.56 Å². The Hall–Kier alpha value is -3.73. The number of aliphatic imine (C=N–C) groups is 2. The first-order valence-corrected chi connectivity index (χ1v) is 7.26. The molecule has 0 fully saturated rings. The quantitative estimate of drug-likeness (QED) is 0.554. The number of nitrogens with two attached hydrogens (primary N) is 3. The Morgan fingerprint density at radius 2 is 1.84 bits per heavy atom. The van der Waals surface area contributed by atoms with Gasteiger partial charge in [0.15, 0.2) is 17.5 Å². The summed E-state index contributed by atoms with van der Waals surface area (Å²) in [4.78, 5) is 7.68. The fraction of sp³-hybridized carbons (Fsp3) is 0.118. The zero-order valence-corrected chi connectivity index (χ0v) is 13.6. The van der Waals surface area contributed by atoms with E-state index in [4.69, 9.17) is 26.7 Å². The van der Waals surface area contributed by atoms with E-state index in [9.17, 15) is 5.26 Å².